The fraction of sp³-hybridized carbons (Fsp3) is 0.650. The van der Waals surface area contributed by atoms with Crippen LogP contribution in [0.15, 0.2) is 18.2 Å². The molecule has 1 unspecified atom stereocenters. The first-order valence-electron chi connectivity index (χ1n) is 9.39. The molecule has 5 nitrogen and oxygen atoms in total. The summed E-state index contributed by atoms with van der Waals surface area (Å²) in [5.74, 6) is 0.846. The first kappa shape index (κ1) is 24.5. The number of likely N-dealkylation sites (N-methyl/N-ethyl adjacent to an activating group) is 2. The summed E-state index contributed by atoms with van der Waals surface area (Å²) in [6.07, 6.45) is -0.259. The van der Waals surface area contributed by atoms with Gasteiger partial charge in [0.15, 0.2) is 0 Å². The molecule has 0 saturated heterocycles. The van der Waals surface area contributed by atoms with Gasteiger partial charge in [-0.05, 0) is 64.8 Å². The van der Waals surface area contributed by atoms with Gasteiger partial charge >= 0.3 is 6.09 Å². The summed E-state index contributed by atoms with van der Waals surface area (Å²) in [6.45, 7) is 16.8. The first-order chi connectivity index (χ1) is 11.9. The summed E-state index contributed by atoms with van der Waals surface area (Å²) in [5.41, 5.74) is 2.35. The van der Waals surface area contributed by atoms with Crippen molar-refractivity contribution >= 4 is 6.09 Å². The number of quaternary nitrogens is 1. The van der Waals surface area contributed by atoms with E-state index in [4.69, 9.17) is 9.47 Å². The molecule has 1 aromatic rings. The van der Waals surface area contributed by atoms with Crippen molar-refractivity contribution in [3.63, 3.8) is 0 Å². The third-order valence-electron chi connectivity index (χ3n) is 4.47. The van der Waals surface area contributed by atoms with Crippen molar-refractivity contribution in [3.05, 3.63) is 29.3 Å². The fourth-order valence-electron chi connectivity index (χ4n) is 2.91. The molecule has 0 aromatic heterocycles. The highest BCUT2D eigenvalue weighted by atomic mass is 35.5. The predicted molar refractivity (Wildman–Crippen MR) is 102 cm³/mol. The van der Waals surface area contributed by atoms with Crippen molar-refractivity contribution in [2.24, 2.45) is 0 Å². The van der Waals surface area contributed by atoms with E-state index in [0.29, 0.717) is 19.8 Å². The first-order valence-corrected chi connectivity index (χ1v) is 9.39. The largest absolute Gasteiger partial charge is 1.00 e. The lowest BCUT2D eigenvalue weighted by Crippen LogP contribution is -3.11. The fourth-order valence-corrected chi connectivity index (χ4v) is 2.91. The Morgan fingerprint density at radius 1 is 1.12 bits per heavy atom. The van der Waals surface area contributed by atoms with E-state index in [1.807, 2.05) is 26.0 Å². The van der Waals surface area contributed by atoms with Crippen molar-refractivity contribution in [3.8, 4) is 5.75 Å². The third kappa shape index (κ3) is 8.28. The van der Waals surface area contributed by atoms with Crippen molar-refractivity contribution in [1.82, 2.24) is 4.90 Å². The van der Waals surface area contributed by atoms with E-state index in [1.165, 1.54) is 16.0 Å². The number of hydrogen-bond donors (Lipinski definition) is 1. The van der Waals surface area contributed by atoms with E-state index >= 15 is 0 Å². The van der Waals surface area contributed by atoms with Crippen molar-refractivity contribution in [2.75, 3.05) is 39.4 Å². The van der Waals surface area contributed by atoms with Crippen LogP contribution >= 0.6 is 0 Å². The number of benzene rings is 1. The monoisotopic (exact) mass is 386 g/mol. The van der Waals surface area contributed by atoms with Gasteiger partial charge in [0.2, 0.25) is 0 Å². The van der Waals surface area contributed by atoms with Crippen LogP contribution in [0.2, 0.25) is 0 Å². The number of amides is 1. The number of nitrogens with one attached hydrogen (secondary N) is 1. The molecule has 0 aliphatic carbocycles. The minimum Gasteiger partial charge on any atom is -1.00 e. The van der Waals surface area contributed by atoms with Gasteiger partial charge in [0.25, 0.3) is 0 Å². The molecule has 150 valence electrons. The zero-order chi connectivity index (χ0) is 18.8. The lowest BCUT2D eigenvalue weighted by Gasteiger charge is -2.27. The minimum atomic E-state index is -0.259. The summed E-state index contributed by atoms with van der Waals surface area (Å²) in [6, 6.07) is 6.10. The topological polar surface area (TPSA) is 43.2 Å². The number of carbonyl (C=O) groups is 1. The maximum Gasteiger partial charge on any atom is 0.410 e. The van der Waals surface area contributed by atoms with Crippen LogP contribution in [0.25, 0.3) is 0 Å². The molecule has 1 atom stereocenters. The Labute approximate surface area is 165 Å². The number of rotatable bonds is 10. The number of ether oxygens (including phenoxy) is 2. The highest BCUT2D eigenvalue weighted by molar-refractivity contribution is 5.67. The highest BCUT2D eigenvalue weighted by Crippen LogP contribution is 2.17. The average Bonchev–Trinajstić information content (AvgIpc) is 2.56. The van der Waals surface area contributed by atoms with E-state index < -0.39 is 0 Å². The van der Waals surface area contributed by atoms with Crippen LogP contribution in [0, 0.1) is 13.8 Å². The number of halogens is 1. The summed E-state index contributed by atoms with van der Waals surface area (Å²) in [7, 11) is 0. The maximum atomic E-state index is 12.3. The molecule has 1 amide bonds. The molecule has 6 heteroatoms. The van der Waals surface area contributed by atoms with E-state index in [-0.39, 0.29) is 24.5 Å². The van der Waals surface area contributed by atoms with E-state index in [1.54, 1.807) is 4.90 Å². The van der Waals surface area contributed by atoms with Crippen LogP contribution in [-0.2, 0) is 4.74 Å². The van der Waals surface area contributed by atoms with Gasteiger partial charge in [-0.15, -0.1) is 0 Å². The summed E-state index contributed by atoms with van der Waals surface area (Å²) in [4.78, 5) is 15.5. The van der Waals surface area contributed by atoms with Crippen LogP contribution in [0.1, 0.15) is 38.8 Å². The Balaban J connectivity index is 0.00000625. The predicted octanol–water partition coefficient (Wildman–Crippen LogP) is -0.542. The van der Waals surface area contributed by atoms with Gasteiger partial charge in [-0.1, -0.05) is 6.07 Å². The van der Waals surface area contributed by atoms with Gasteiger partial charge in [-0.25, -0.2) is 4.79 Å². The number of carbonyl (C=O) groups excluding carboxylic acids is 1. The zero-order valence-electron chi connectivity index (χ0n) is 17.1. The molecule has 0 heterocycles. The summed E-state index contributed by atoms with van der Waals surface area (Å²) in [5, 5.41) is 0. The van der Waals surface area contributed by atoms with E-state index in [0.717, 1.165) is 25.4 Å². The second-order valence-corrected chi connectivity index (χ2v) is 6.59. The molecule has 0 fully saturated rings. The number of aryl methyl sites for hydroxylation is 2. The van der Waals surface area contributed by atoms with Crippen molar-refractivity contribution in [1.29, 1.82) is 0 Å². The van der Waals surface area contributed by atoms with Crippen LogP contribution in [0.3, 0.4) is 0 Å². The number of hydrogen-bond acceptors (Lipinski definition) is 3. The molecule has 26 heavy (non-hydrogen) atoms. The normalized spacial score (nSPS) is 11.7. The molecule has 1 rings (SSSR count). The molecule has 0 radical (unpaired) electrons. The summed E-state index contributed by atoms with van der Waals surface area (Å²) < 4.78 is 11.3. The van der Waals surface area contributed by atoms with E-state index in [9.17, 15) is 4.79 Å². The Morgan fingerprint density at radius 3 is 2.19 bits per heavy atom. The second-order valence-electron chi connectivity index (χ2n) is 6.59. The van der Waals surface area contributed by atoms with Gasteiger partial charge in [0, 0.05) is 6.54 Å². The Kier molecular flexibility index (Phi) is 12.1. The van der Waals surface area contributed by atoms with Gasteiger partial charge in [-0.2, -0.15) is 0 Å². The van der Waals surface area contributed by atoms with Crippen molar-refractivity contribution < 1.29 is 31.6 Å². The van der Waals surface area contributed by atoms with Crippen molar-refractivity contribution in [2.45, 2.75) is 47.6 Å². The second kappa shape index (κ2) is 12.8. The molecule has 0 saturated carbocycles. The van der Waals surface area contributed by atoms with Crippen LogP contribution in [0.4, 0.5) is 4.79 Å². The molecule has 1 N–H and O–H groups in total. The summed E-state index contributed by atoms with van der Waals surface area (Å²) >= 11 is 0. The molecule has 0 aliphatic rings. The Hall–Kier alpha value is -1.46. The minimum absolute atomic E-state index is 0. The smallest absolute Gasteiger partial charge is 0.410 e. The van der Waals surface area contributed by atoms with Gasteiger partial charge in [0.05, 0.1) is 19.1 Å². The van der Waals surface area contributed by atoms with Crippen LogP contribution in [-0.4, -0.2) is 56.4 Å². The van der Waals surface area contributed by atoms with Gasteiger partial charge in [0.1, 0.15) is 25.5 Å². The standard InChI is InChI=1S/C20H34N2O3.ClH/c1-7-21(8-2)10-11-24-20(23)22(9-3)18(6)15-25-19-13-16(4)12-17(5)14-19;/h12-14,18H,7-11,15H2,1-6H3;1H. The number of nitrogens with zero attached hydrogens (tertiary/aromatic N) is 1. The highest BCUT2D eigenvalue weighted by Gasteiger charge is 2.21. The third-order valence-corrected chi connectivity index (χ3v) is 4.47. The van der Waals surface area contributed by atoms with Gasteiger partial charge in [-0.3, -0.25) is 0 Å². The van der Waals surface area contributed by atoms with Gasteiger partial charge < -0.3 is 31.7 Å². The SMILES string of the molecule is CCN(C(=O)OCC[NH+](CC)CC)C(C)COc1cc(C)cc(C)c1.[Cl-]. The Bertz CT molecular complexity index is 516. The molecule has 0 aliphatic heterocycles. The molecule has 0 spiro atoms. The average molecular weight is 387 g/mol. The maximum absolute atomic E-state index is 12.3. The lowest BCUT2D eigenvalue weighted by atomic mass is 10.1. The molecular formula is C20H35ClN2O3. The lowest BCUT2D eigenvalue weighted by molar-refractivity contribution is -0.896. The molecule has 1 aromatic carbocycles. The molecule has 0 bridgehead atoms. The Morgan fingerprint density at radius 2 is 1.69 bits per heavy atom. The van der Waals surface area contributed by atoms with E-state index in [2.05, 4.69) is 33.8 Å². The zero-order valence-corrected chi connectivity index (χ0v) is 17.9. The quantitative estimate of drug-likeness (QED) is 0.587. The van der Waals surface area contributed by atoms with Crippen LogP contribution < -0.4 is 22.0 Å². The van der Waals surface area contributed by atoms with Crippen LogP contribution in [0.5, 0.6) is 5.75 Å². The molecular weight excluding hydrogens is 352 g/mol.